The number of aromatic amines is 1. The Hall–Kier alpha value is -1.93. The van der Waals surface area contributed by atoms with E-state index in [2.05, 4.69) is 31.4 Å². The van der Waals surface area contributed by atoms with Crippen LogP contribution < -0.4 is 15.8 Å². The van der Waals surface area contributed by atoms with E-state index in [1.165, 1.54) is 0 Å². The molecule has 1 aliphatic heterocycles. The average Bonchev–Trinajstić information content (AvgIpc) is 2.54. The molecule has 0 radical (unpaired) electrons. The number of ether oxygens (including phenoxy) is 1. The number of aromatic nitrogens is 2. The summed E-state index contributed by atoms with van der Waals surface area (Å²) >= 11 is 3.35. The number of H-pyrrole nitrogens is 1. The molecule has 0 bridgehead atoms. The van der Waals surface area contributed by atoms with Crippen LogP contribution in [0.4, 0.5) is 21.5 Å². The Morgan fingerprint density at radius 3 is 2.64 bits per heavy atom. The highest BCUT2D eigenvalue weighted by atomic mass is 79.9. The van der Waals surface area contributed by atoms with Crippen molar-refractivity contribution in [2.24, 2.45) is 0 Å². The predicted octanol–water partition coefficient (Wildman–Crippen LogP) is 2.25. The van der Waals surface area contributed by atoms with E-state index in [0.717, 1.165) is 4.47 Å². The summed E-state index contributed by atoms with van der Waals surface area (Å²) < 4.78 is 20.4. The fourth-order valence-electron chi connectivity index (χ4n) is 2.29. The van der Waals surface area contributed by atoms with Gasteiger partial charge in [0.15, 0.2) is 0 Å². The van der Waals surface area contributed by atoms with Crippen LogP contribution in [-0.4, -0.2) is 36.5 Å². The Morgan fingerprint density at radius 2 is 1.95 bits per heavy atom. The van der Waals surface area contributed by atoms with E-state index in [-0.39, 0.29) is 11.4 Å². The second-order valence-corrected chi connectivity index (χ2v) is 5.71. The van der Waals surface area contributed by atoms with Crippen LogP contribution in [0.2, 0.25) is 0 Å². The maximum Gasteiger partial charge on any atom is 0.290 e. The summed E-state index contributed by atoms with van der Waals surface area (Å²) in [5.41, 5.74) is 0.548. The van der Waals surface area contributed by atoms with Gasteiger partial charge in [0.05, 0.1) is 13.2 Å². The second-order valence-electron chi connectivity index (χ2n) is 4.80. The number of rotatable bonds is 3. The molecule has 0 spiro atoms. The molecular weight excluding hydrogens is 355 g/mol. The van der Waals surface area contributed by atoms with E-state index >= 15 is 0 Å². The lowest BCUT2D eigenvalue weighted by Gasteiger charge is -2.30. The minimum absolute atomic E-state index is 0.150. The third-order valence-electron chi connectivity index (χ3n) is 3.36. The molecule has 0 amide bonds. The molecule has 0 aliphatic carbocycles. The van der Waals surface area contributed by atoms with E-state index in [1.807, 2.05) is 12.1 Å². The summed E-state index contributed by atoms with van der Waals surface area (Å²) in [5.74, 6) is -0.707. The van der Waals surface area contributed by atoms with Gasteiger partial charge in [-0.05, 0) is 24.3 Å². The first-order valence-corrected chi connectivity index (χ1v) is 7.58. The lowest BCUT2D eigenvalue weighted by molar-refractivity contribution is 0.122. The van der Waals surface area contributed by atoms with Gasteiger partial charge >= 0.3 is 0 Å². The molecule has 2 aromatic rings. The summed E-state index contributed by atoms with van der Waals surface area (Å²) in [4.78, 5) is 13.9. The van der Waals surface area contributed by atoms with Crippen LogP contribution >= 0.6 is 15.9 Å². The third kappa shape index (κ3) is 3.12. The van der Waals surface area contributed by atoms with E-state index in [1.54, 1.807) is 17.0 Å². The summed E-state index contributed by atoms with van der Waals surface area (Å²) in [6.07, 6.45) is 0. The van der Waals surface area contributed by atoms with Crippen LogP contribution in [0.3, 0.4) is 0 Å². The van der Waals surface area contributed by atoms with Crippen LogP contribution in [0.15, 0.2) is 33.5 Å². The van der Waals surface area contributed by atoms with Gasteiger partial charge in [0.2, 0.25) is 0 Å². The van der Waals surface area contributed by atoms with Crippen molar-refractivity contribution in [2.75, 3.05) is 36.5 Å². The van der Waals surface area contributed by atoms with Gasteiger partial charge in [0.25, 0.3) is 11.5 Å². The number of halogens is 2. The number of anilines is 3. The van der Waals surface area contributed by atoms with Crippen LogP contribution in [0.5, 0.6) is 0 Å². The maximum atomic E-state index is 14.2. The zero-order valence-electron chi connectivity index (χ0n) is 11.6. The fourth-order valence-corrected chi connectivity index (χ4v) is 2.55. The molecule has 1 fully saturated rings. The van der Waals surface area contributed by atoms with Crippen molar-refractivity contribution in [3.63, 3.8) is 0 Å². The second kappa shape index (κ2) is 6.45. The molecule has 116 valence electrons. The molecule has 0 unspecified atom stereocenters. The SMILES string of the molecule is O=c1[nH]nc(F)c(N2CCOCC2)c1Nc1ccc(Br)cc1. The van der Waals surface area contributed by atoms with Crippen molar-refractivity contribution in [3.05, 3.63) is 45.0 Å². The summed E-state index contributed by atoms with van der Waals surface area (Å²) in [5, 5.41) is 8.58. The molecule has 2 N–H and O–H groups in total. The first kappa shape index (κ1) is 15.0. The third-order valence-corrected chi connectivity index (χ3v) is 3.88. The zero-order valence-corrected chi connectivity index (χ0v) is 13.2. The Morgan fingerprint density at radius 1 is 1.27 bits per heavy atom. The number of hydrogen-bond acceptors (Lipinski definition) is 5. The molecule has 1 saturated heterocycles. The van der Waals surface area contributed by atoms with Gasteiger partial charge in [-0.25, -0.2) is 5.10 Å². The van der Waals surface area contributed by atoms with Gasteiger partial charge in [0.1, 0.15) is 11.4 Å². The number of nitrogens with zero attached hydrogens (tertiary/aromatic N) is 2. The molecule has 1 aromatic carbocycles. The molecule has 3 rings (SSSR count). The Kier molecular flexibility index (Phi) is 4.39. The molecular formula is C14H14BrFN4O2. The van der Waals surface area contributed by atoms with Crippen LogP contribution in [0, 0.1) is 5.95 Å². The molecule has 8 heteroatoms. The molecule has 22 heavy (non-hydrogen) atoms. The van der Waals surface area contributed by atoms with Gasteiger partial charge in [-0.3, -0.25) is 4.79 Å². The van der Waals surface area contributed by atoms with E-state index in [0.29, 0.717) is 32.0 Å². The molecule has 2 heterocycles. The molecule has 1 aromatic heterocycles. The fraction of sp³-hybridized carbons (Fsp3) is 0.286. The Balaban J connectivity index is 1.99. The van der Waals surface area contributed by atoms with Gasteiger partial charge < -0.3 is 15.0 Å². The molecule has 0 saturated carbocycles. The minimum atomic E-state index is -0.707. The van der Waals surface area contributed by atoms with Crippen LogP contribution in [0.25, 0.3) is 0 Å². The molecule has 6 nitrogen and oxygen atoms in total. The Labute approximate surface area is 134 Å². The zero-order chi connectivity index (χ0) is 15.5. The predicted molar refractivity (Wildman–Crippen MR) is 85.3 cm³/mol. The smallest absolute Gasteiger partial charge is 0.290 e. The average molecular weight is 369 g/mol. The maximum absolute atomic E-state index is 14.2. The number of hydrogen-bond donors (Lipinski definition) is 2. The highest BCUT2D eigenvalue weighted by Crippen LogP contribution is 2.28. The van der Waals surface area contributed by atoms with Crippen molar-refractivity contribution >= 4 is 33.0 Å². The van der Waals surface area contributed by atoms with Crippen molar-refractivity contribution in [2.45, 2.75) is 0 Å². The van der Waals surface area contributed by atoms with Gasteiger partial charge in [-0.1, -0.05) is 15.9 Å². The van der Waals surface area contributed by atoms with E-state index < -0.39 is 11.5 Å². The lowest BCUT2D eigenvalue weighted by atomic mass is 10.2. The topological polar surface area (TPSA) is 70.2 Å². The highest BCUT2D eigenvalue weighted by molar-refractivity contribution is 9.10. The van der Waals surface area contributed by atoms with E-state index in [4.69, 9.17) is 4.74 Å². The van der Waals surface area contributed by atoms with E-state index in [9.17, 15) is 9.18 Å². The lowest BCUT2D eigenvalue weighted by Crippen LogP contribution is -2.38. The van der Waals surface area contributed by atoms with Gasteiger partial charge in [-0.2, -0.15) is 4.39 Å². The summed E-state index contributed by atoms with van der Waals surface area (Å²) in [7, 11) is 0. The van der Waals surface area contributed by atoms with Crippen molar-refractivity contribution < 1.29 is 9.13 Å². The van der Waals surface area contributed by atoms with Crippen LogP contribution in [-0.2, 0) is 4.74 Å². The standard InChI is InChI=1S/C14H14BrFN4O2/c15-9-1-3-10(4-2-9)17-11-12(13(16)18-19-14(11)21)20-5-7-22-8-6-20/h1-4H,5-8H2,(H,17,18)(H,19,21). The minimum Gasteiger partial charge on any atom is -0.378 e. The first-order chi connectivity index (χ1) is 10.6. The quantitative estimate of drug-likeness (QED) is 0.869. The van der Waals surface area contributed by atoms with Gasteiger partial charge in [-0.15, -0.1) is 5.10 Å². The van der Waals surface area contributed by atoms with Gasteiger partial charge in [0, 0.05) is 23.2 Å². The number of morpholine rings is 1. The highest BCUT2D eigenvalue weighted by Gasteiger charge is 2.22. The van der Waals surface area contributed by atoms with Crippen molar-refractivity contribution in [1.82, 2.24) is 10.2 Å². The van der Waals surface area contributed by atoms with Crippen molar-refractivity contribution in [3.8, 4) is 0 Å². The molecule has 0 atom stereocenters. The number of nitrogens with one attached hydrogen (secondary N) is 2. The summed E-state index contributed by atoms with van der Waals surface area (Å²) in [6.45, 7) is 2.00. The first-order valence-electron chi connectivity index (χ1n) is 6.78. The Bertz CT molecular complexity index is 714. The molecule has 1 aliphatic rings. The largest absolute Gasteiger partial charge is 0.378 e. The van der Waals surface area contributed by atoms with Crippen molar-refractivity contribution in [1.29, 1.82) is 0 Å². The normalized spacial score (nSPS) is 14.9. The summed E-state index contributed by atoms with van der Waals surface area (Å²) in [6, 6.07) is 7.26. The monoisotopic (exact) mass is 368 g/mol. The number of benzene rings is 1. The van der Waals surface area contributed by atoms with Crippen LogP contribution in [0.1, 0.15) is 0 Å².